The lowest BCUT2D eigenvalue weighted by molar-refractivity contribution is 0.0966. The zero-order valence-corrected chi connectivity index (χ0v) is 47.1. The van der Waals surface area contributed by atoms with Gasteiger partial charge in [0, 0.05) is 56.7 Å². The second kappa shape index (κ2) is 25.7. The minimum atomic E-state index is -0.962. The number of aliphatic imine (C=N–C) groups is 1. The first-order valence-electron chi connectivity index (χ1n) is 25.4. The van der Waals surface area contributed by atoms with E-state index in [1.165, 1.54) is 53.1 Å². The third-order valence-corrected chi connectivity index (χ3v) is 16.0. The highest BCUT2D eigenvalue weighted by atomic mass is 32.1. The first-order chi connectivity index (χ1) is 41.0. The fourth-order valence-corrected chi connectivity index (χ4v) is 11.3. The zero-order chi connectivity index (χ0) is 59.9. The van der Waals surface area contributed by atoms with E-state index in [1.807, 2.05) is 0 Å². The van der Waals surface area contributed by atoms with Crippen LogP contribution in [0.25, 0.3) is 65.5 Å². The molecule has 0 spiro atoms. The maximum absolute atomic E-state index is 14.0. The van der Waals surface area contributed by atoms with Crippen molar-refractivity contribution in [1.82, 2.24) is 44.6 Å². The van der Waals surface area contributed by atoms with Gasteiger partial charge >= 0.3 is 0 Å². The number of halogens is 7. The molecule has 12 rings (SSSR count). The monoisotopic (exact) mass is 1210 g/mol. The maximum Gasteiger partial charge on any atom is 0.266 e. The SMILES string of the molecule is Cn1nc(-c2ccccc2F)cc1-c1ccc(C(=O)NC2=C(F)CCC=N2)s1.Cn1nc(-c2ccccc2F)cc1-c1ccc(C(=O)Nc2c(F)cncc2F)s1.Cn1nc(-c2ccccc2F)cc1-c1ccc(C(=O)Nc2ccncc2F)s1. The number of nitrogens with one attached hydrogen (secondary N) is 3. The summed E-state index contributed by atoms with van der Waals surface area (Å²) in [6.45, 7) is 0. The van der Waals surface area contributed by atoms with Crippen LogP contribution in [0.15, 0.2) is 175 Å². The van der Waals surface area contributed by atoms with Gasteiger partial charge in [0.2, 0.25) is 0 Å². The predicted octanol–water partition coefficient (Wildman–Crippen LogP) is 14.3. The molecule has 3 amide bonds. The summed E-state index contributed by atoms with van der Waals surface area (Å²) in [6, 6.07) is 35.9. The summed E-state index contributed by atoms with van der Waals surface area (Å²) in [5, 5.41) is 20.4. The molecule has 3 aromatic carbocycles. The average Bonchev–Trinajstić information content (AvgIpc) is 3.89. The van der Waals surface area contributed by atoms with Crippen molar-refractivity contribution in [3.05, 3.63) is 219 Å². The van der Waals surface area contributed by atoms with Gasteiger partial charge in [0.05, 0.1) is 87.7 Å². The van der Waals surface area contributed by atoms with Crippen LogP contribution in [0, 0.1) is 34.9 Å². The van der Waals surface area contributed by atoms with Gasteiger partial charge in [0.1, 0.15) is 29.0 Å². The molecule has 0 unspecified atom stereocenters. The molecule has 0 fully saturated rings. The van der Waals surface area contributed by atoms with Gasteiger partial charge in [0.25, 0.3) is 17.7 Å². The van der Waals surface area contributed by atoms with Gasteiger partial charge in [-0.25, -0.2) is 35.7 Å². The molecule has 0 saturated heterocycles. The van der Waals surface area contributed by atoms with E-state index in [0.717, 1.165) is 51.1 Å². The number of benzene rings is 3. The summed E-state index contributed by atoms with van der Waals surface area (Å²) in [6.07, 6.45) is 6.42. The second-order valence-electron chi connectivity index (χ2n) is 18.3. The highest BCUT2D eigenvalue weighted by Crippen LogP contribution is 2.36. The van der Waals surface area contributed by atoms with Crippen LogP contribution in [0.1, 0.15) is 41.9 Å². The van der Waals surface area contributed by atoms with E-state index in [0.29, 0.717) is 60.5 Å². The third-order valence-electron chi connectivity index (χ3n) is 12.7. The topological polar surface area (TPSA) is 179 Å². The summed E-state index contributed by atoms with van der Waals surface area (Å²) in [4.78, 5) is 51.5. The lowest BCUT2D eigenvalue weighted by Gasteiger charge is -2.09. The Bertz CT molecular complexity index is 4350. The summed E-state index contributed by atoms with van der Waals surface area (Å²) in [5.74, 6) is -5.55. The van der Waals surface area contributed by atoms with Crippen LogP contribution in [0.2, 0.25) is 0 Å². The number of allylic oxidation sites excluding steroid dienone is 1. The van der Waals surface area contributed by atoms with E-state index >= 15 is 0 Å². The fourth-order valence-electron chi connectivity index (χ4n) is 8.46. The zero-order valence-electron chi connectivity index (χ0n) is 44.6. The number of hydrogen-bond donors (Lipinski definition) is 3. The normalized spacial score (nSPS) is 11.8. The van der Waals surface area contributed by atoms with E-state index in [4.69, 9.17) is 0 Å². The van der Waals surface area contributed by atoms with E-state index < -0.39 is 46.7 Å². The number of carbonyl (C=O) groups is 3. The van der Waals surface area contributed by atoms with Crippen LogP contribution in [-0.2, 0) is 21.1 Å². The Morgan fingerprint density at radius 3 is 1.27 bits per heavy atom. The number of thiophene rings is 3. The molecule has 1 aliphatic heterocycles. The highest BCUT2D eigenvalue weighted by Gasteiger charge is 2.22. The first kappa shape index (κ1) is 58.2. The molecular formula is C60H43F7N12O3S3. The molecule has 1 aliphatic rings. The number of pyridine rings is 2. The van der Waals surface area contributed by atoms with Crippen molar-refractivity contribution >= 4 is 69.3 Å². The number of rotatable bonds is 12. The third kappa shape index (κ3) is 13.3. The van der Waals surface area contributed by atoms with Crippen molar-refractivity contribution in [3.8, 4) is 65.5 Å². The lowest BCUT2D eigenvalue weighted by atomic mass is 10.1. The highest BCUT2D eigenvalue weighted by molar-refractivity contribution is 7.18. The molecule has 0 saturated carbocycles. The smallest absolute Gasteiger partial charge is 0.266 e. The molecule has 0 atom stereocenters. The van der Waals surface area contributed by atoms with E-state index in [1.54, 1.807) is 151 Å². The number of amides is 3. The van der Waals surface area contributed by atoms with Crippen molar-refractivity contribution in [2.75, 3.05) is 10.6 Å². The first-order valence-corrected chi connectivity index (χ1v) is 27.9. The molecule has 85 heavy (non-hydrogen) atoms. The largest absolute Gasteiger partial charge is 0.319 e. The molecule has 428 valence electrons. The van der Waals surface area contributed by atoms with Crippen LogP contribution in [0.3, 0.4) is 0 Å². The van der Waals surface area contributed by atoms with Gasteiger partial charge < -0.3 is 16.0 Å². The van der Waals surface area contributed by atoms with Gasteiger partial charge in [-0.15, -0.1) is 34.0 Å². The van der Waals surface area contributed by atoms with E-state index in [2.05, 4.69) is 46.2 Å². The lowest BCUT2D eigenvalue weighted by Crippen LogP contribution is -2.22. The van der Waals surface area contributed by atoms with Gasteiger partial charge in [-0.1, -0.05) is 36.4 Å². The molecule has 0 bridgehead atoms. The molecular weight excluding hydrogens is 1170 g/mol. The number of aryl methyl sites for hydroxylation is 3. The fraction of sp³-hybridized carbons (Fsp3) is 0.0833. The predicted molar refractivity (Wildman–Crippen MR) is 313 cm³/mol. The van der Waals surface area contributed by atoms with Gasteiger partial charge in [-0.3, -0.25) is 38.4 Å². The molecule has 9 heterocycles. The number of aromatic nitrogens is 8. The Morgan fingerprint density at radius 1 is 0.459 bits per heavy atom. The number of anilines is 2. The maximum atomic E-state index is 14.0. The summed E-state index contributed by atoms with van der Waals surface area (Å²) < 4.78 is 102. The summed E-state index contributed by atoms with van der Waals surface area (Å²) in [7, 11) is 5.22. The Morgan fingerprint density at radius 2 is 0.859 bits per heavy atom. The average molecular weight is 1210 g/mol. The van der Waals surface area contributed by atoms with Crippen LogP contribution in [0.4, 0.5) is 42.1 Å². The Kier molecular flexibility index (Phi) is 17.6. The minimum absolute atomic E-state index is 0.0337. The van der Waals surface area contributed by atoms with Crippen molar-refractivity contribution in [2.45, 2.75) is 12.8 Å². The second-order valence-corrected chi connectivity index (χ2v) is 21.6. The van der Waals surface area contributed by atoms with Crippen molar-refractivity contribution in [3.63, 3.8) is 0 Å². The molecule has 25 heteroatoms. The number of hydrogen-bond acceptors (Lipinski definition) is 12. The van der Waals surface area contributed by atoms with Gasteiger partial charge in [0.15, 0.2) is 23.3 Å². The molecule has 15 nitrogen and oxygen atoms in total. The molecule has 3 N–H and O–H groups in total. The number of carbonyl (C=O) groups excluding carboxylic acids is 3. The standard InChI is InChI=1S/C20H13F3N4OS.C20H16F2N4OS.C20H14F2N4OS/c1-27-16(8-15(26-27)11-4-2-3-5-12(11)21)17-6-7-18(29-17)20(28)25-19-13(22)9-24-10-14(19)23;1-26-16(11-15(25-26)12-5-2-3-6-13(12)21)17-8-9-18(28-17)20(27)24-19-14(22)7-4-10-23-19;1-26-17(10-16(25-26)12-4-2-3-5-13(12)21)18-6-7-19(28-18)20(27)24-15-8-9-23-11-14(15)22/h2-10H,1H3,(H,24,25,28);2-3,5-6,8-11H,4,7H2,1H3,(H,24,27);2-11H,1H3,(H,23,24,27). The number of nitrogens with zero attached hydrogens (tertiary/aromatic N) is 9. The Balaban J connectivity index is 0.000000142. The van der Waals surface area contributed by atoms with Crippen molar-refractivity contribution in [2.24, 2.45) is 26.1 Å². The van der Waals surface area contributed by atoms with Crippen LogP contribution >= 0.6 is 34.0 Å². The Hall–Kier alpha value is -9.98. The minimum Gasteiger partial charge on any atom is -0.319 e. The molecule has 8 aromatic heterocycles. The van der Waals surface area contributed by atoms with Crippen molar-refractivity contribution < 1.29 is 45.1 Å². The van der Waals surface area contributed by atoms with Crippen molar-refractivity contribution in [1.29, 1.82) is 0 Å². The summed E-state index contributed by atoms with van der Waals surface area (Å²) >= 11 is 3.61. The summed E-state index contributed by atoms with van der Waals surface area (Å²) in [5.41, 5.74) is 4.36. The van der Waals surface area contributed by atoms with Gasteiger partial charge in [-0.2, -0.15) is 15.3 Å². The Labute approximate surface area is 491 Å². The van der Waals surface area contributed by atoms with Gasteiger partial charge in [-0.05, 0) is 103 Å². The van der Waals surface area contributed by atoms with E-state index in [-0.39, 0.29) is 40.3 Å². The molecule has 0 aliphatic carbocycles. The van der Waals surface area contributed by atoms with Crippen LogP contribution in [-0.4, -0.2) is 63.2 Å². The molecule has 11 aromatic rings. The van der Waals surface area contributed by atoms with E-state index in [9.17, 15) is 45.1 Å². The van der Waals surface area contributed by atoms with Crippen LogP contribution in [0.5, 0.6) is 0 Å². The van der Waals surface area contributed by atoms with Crippen LogP contribution < -0.4 is 16.0 Å². The quantitative estimate of drug-likeness (QED) is 0.101. The molecule has 0 radical (unpaired) electrons.